The van der Waals surface area contributed by atoms with Gasteiger partial charge < -0.3 is 20.0 Å². The Morgan fingerprint density at radius 1 is 1.10 bits per heavy atom. The van der Waals surface area contributed by atoms with Crippen LogP contribution in [0.25, 0.3) is 11.5 Å². The van der Waals surface area contributed by atoms with Crippen LogP contribution in [0.1, 0.15) is 16.2 Å². The molecule has 0 bridgehead atoms. The summed E-state index contributed by atoms with van der Waals surface area (Å²) in [5.74, 6) is -2.33. The molecular weight excluding hydrogens is 401 g/mol. The van der Waals surface area contributed by atoms with Crippen LogP contribution in [-0.4, -0.2) is 47.0 Å². The van der Waals surface area contributed by atoms with E-state index in [1.54, 1.807) is 18.2 Å². The third kappa shape index (κ3) is 4.25. The van der Waals surface area contributed by atoms with Crippen LogP contribution in [0.15, 0.2) is 47.1 Å². The van der Waals surface area contributed by atoms with Gasteiger partial charge >= 0.3 is 6.18 Å². The average Bonchev–Trinajstić information content (AvgIpc) is 3.22. The van der Waals surface area contributed by atoms with Gasteiger partial charge in [-0.1, -0.05) is 18.2 Å². The SMILES string of the molecule is O=C(Nc1cnc(N2CCNCC2)nc1)c1nc(-c2ccccc2)oc1C(F)(F)F. The minimum atomic E-state index is -4.88. The maximum atomic E-state index is 13.4. The summed E-state index contributed by atoms with van der Waals surface area (Å²) < 4.78 is 45.0. The number of rotatable bonds is 4. The number of aromatic nitrogens is 3. The van der Waals surface area contributed by atoms with Gasteiger partial charge in [-0.25, -0.2) is 15.0 Å². The molecular formula is C19H17F3N6O2. The van der Waals surface area contributed by atoms with Gasteiger partial charge in [-0.2, -0.15) is 13.2 Å². The van der Waals surface area contributed by atoms with Crippen LogP contribution in [0.2, 0.25) is 0 Å². The van der Waals surface area contributed by atoms with Crippen molar-refractivity contribution in [3.63, 3.8) is 0 Å². The van der Waals surface area contributed by atoms with Crippen molar-refractivity contribution in [2.24, 2.45) is 0 Å². The van der Waals surface area contributed by atoms with E-state index in [1.165, 1.54) is 24.5 Å². The molecule has 1 aliphatic rings. The summed E-state index contributed by atoms with van der Waals surface area (Å²) >= 11 is 0. The Hall–Kier alpha value is -3.47. The largest absolute Gasteiger partial charge is 0.452 e. The van der Waals surface area contributed by atoms with E-state index in [9.17, 15) is 18.0 Å². The number of benzene rings is 1. The molecule has 2 aromatic heterocycles. The molecule has 0 atom stereocenters. The van der Waals surface area contributed by atoms with Crippen LogP contribution in [0.5, 0.6) is 0 Å². The number of halogens is 3. The third-order valence-corrected chi connectivity index (χ3v) is 4.42. The van der Waals surface area contributed by atoms with Crippen LogP contribution >= 0.6 is 0 Å². The number of alkyl halides is 3. The first-order chi connectivity index (χ1) is 14.4. The van der Waals surface area contributed by atoms with Gasteiger partial charge in [0.05, 0.1) is 18.1 Å². The highest BCUT2D eigenvalue weighted by atomic mass is 19.4. The van der Waals surface area contributed by atoms with E-state index in [1.807, 2.05) is 4.90 Å². The lowest BCUT2D eigenvalue weighted by molar-refractivity contribution is -0.153. The van der Waals surface area contributed by atoms with Gasteiger partial charge in [-0.15, -0.1) is 0 Å². The van der Waals surface area contributed by atoms with Gasteiger partial charge in [-0.3, -0.25) is 4.79 Å². The Morgan fingerprint density at radius 3 is 2.40 bits per heavy atom. The normalized spacial score (nSPS) is 14.6. The first-order valence-corrected chi connectivity index (χ1v) is 9.14. The highest BCUT2D eigenvalue weighted by Crippen LogP contribution is 2.35. The fourth-order valence-electron chi connectivity index (χ4n) is 2.97. The highest BCUT2D eigenvalue weighted by molar-refractivity contribution is 6.03. The molecule has 1 fully saturated rings. The van der Waals surface area contributed by atoms with Crippen LogP contribution in [-0.2, 0) is 6.18 Å². The molecule has 3 heterocycles. The second-order valence-corrected chi connectivity index (χ2v) is 6.52. The van der Waals surface area contributed by atoms with E-state index < -0.39 is 23.5 Å². The number of amides is 1. The molecule has 4 rings (SSSR count). The molecule has 1 amide bonds. The number of hydrogen-bond acceptors (Lipinski definition) is 7. The van der Waals surface area contributed by atoms with Crippen molar-refractivity contribution in [3.8, 4) is 11.5 Å². The van der Waals surface area contributed by atoms with Crippen molar-refractivity contribution in [1.82, 2.24) is 20.3 Å². The Bertz CT molecular complexity index is 1010. The summed E-state index contributed by atoms with van der Waals surface area (Å²) in [6, 6.07) is 8.04. The zero-order valence-corrected chi connectivity index (χ0v) is 15.6. The van der Waals surface area contributed by atoms with Gasteiger partial charge in [0, 0.05) is 31.7 Å². The van der Waals surface area contributed by atoms with Gasteiger partial charge in [0.25, 0.3) is 5.91 Å². The molecule has 8 nitrogen and oxygen atoms in total. The topological polar surface area (TPSA) is 96.2 Å². The van der Waals surface area contributed by atoms with Crippen molar-refractivity contribution in [1.29, 1.82) is 0 Å². The molecule has 1 aromatic carbocycles. The fraction of sp³-hybridized carbons (Fsp3) is 0.263. The van der Waals surface area contributed by atoms with Gasteiger partial charge in [0.15, 0.2) is 5.69 Å². The number of hydrogen-bond donors (Lipinski definition) is 2. The molecule has 0 aliphatic carbocycles. The Labute approximate surface area is 169 Å². The maximum absolute atomic E-state index is 13.4. The first kappa shape index (κ1) is 19.8. The second-order valence-electron chi connectivity index (χ2n) is 6.52. The molecule has 3 aromatic rings. The average molecular weight is 418 g/mol. The summed E-state index contributed by atoms with van der Waals surface area (Å²) in [6.07, 6.45) is -2.20. The van der Waals surface area contributed by atoms with E-state index in [-0.39, 0.29) is 11.6 Å². The fourth-order valence-corrected chi connectivity index (χ4v) is 2.97. The quantitative estimate of drug-likeness (QED) is 0.673. The molecule has 0 unspecified atom stereocenters. The molecule has 11 heteroatoms. The van der Waals surface area contributed by atoms with E-state index in [0.29, 0.717) is 11.5 Å². The number of anilines is 2. The minimum Gasteiger partial charge on any atom is -0.431 e. The summed E-state index contributed by atoms with van der Waals surface area (Å²) in [4.78, 5) is 26.6. The van der Waals surface area contributed by atoms with Crippen molar-refractivity contribution in [3.05, 3.63) is 54.2 Å². The van der Waals surface area contributed by atoms with E-state index in [0.717, 1.165) is 26.2 Å². The predicted octanol–water partition coefficient (Wildman–Crippen LogP) is 2.81. The molecule has 1 aliphatic heterocycles. The number of piperazine rings is 1. The lowest BCUT2D eigenvalue weighted by Gasteiger charge is -2.27. The monoisotopic (exact) mass is 418 g/mol. The van der Waals surface area contributed by atoms with E-state index in [4.69, 9.17) is 4.42 Å². The number of carbonyl (C=O) groups excluding carboxylic acids is 1. The number of nitrogens with zero attached hydrogens (tertiary/aromatic N) is 4. The van der Waals surface area contributed by atoms with Crippen molar-refractivity contribution < 1.29 is 22.4 Å². The zero-order valence-electron chi connectivity index (χ0n) is 15.6. The van der Waals surface area contributed by atoms with Crippen LogP contribution in [0.4, 0.5) is 24.8 Å². The Kier molecular flexibility index (Phi) is 5.36. The molecule has 30 heavy (non-hydrogen) atoms. The summed E-state index contributed by atoms with van der Waals surface area (Å²) in [5.41, 5.74) is -0.380. The van der Waals surface area contributed by atoms with Crippen molar-refractivity contribution >= 4 is 17.5 Å². The van der Waals surface area contributed by atoms with Gasteiger partial charge in [-0.05, 0) is 12.1 Å². The Balaban J connectivity index is 1.56. The van der Waals surface area contributed by atoms with Gasteiger partial charge in [0.1, 0.15) is 0 Å². The third-order valence-electron chi connectivity index (χ3n) is 4.42. The number of nitrogens with one attached hydrogen (secondary N) is 2. The van der Waals surface area contributed by atoms with Crippen LogP contribution < -0.4 is 15.5 Å². The number of oxazole rings is 1. The molecule has 2 N–H and O–H groups in total. The number of carbonyl (C=O) groups is 1. The van der Waals surface area contributed by atoms with E-state index in [2.05, 4.69) is 25.6 Å². The lowest BCUT2D eigenvalue weighted by Crippen LogP contribution is -2.44. The lowest BCUT2D eigenvalue weighted by atomic mass is 10.2. The highest BCUT2D eigenvalue weighted by Gasteiger charge is 2.42. The van der Waals surface area contributed by atoms with Crippen LogP contribution in [0.3, 0.4) is 0 Å². The minimum absolute atomic E-state index is 0.149. The molecule has 156 valence electrons. The predicted molar refractivity (Wildman–Crippen MR) is 102 cm³/mol. The van der Waals surface area contributed by atoms with Gasteiger partial charge in [0.2, 0.25) is 17.6 Å². The van der Waals surface area contributed by atoms with Crippen molar-refractivity contribution in [2.75, 3.05) is 36.4 Å². The van der Waals surface area contributed by atoms with Crippen LogP contribution in [0, 0.1) is 0 Å². The smallest absolute Gasteiger partial charge is 0.431 e. The molecule has 0 saturated carbocycles. The molecule has 0 radical (unpaired) electrons. The first-order valence-electron chi connectivity index (χ1n) is 9.14. The van der Waals surface area contributed by atoms with Crippen molar-refractivity contribution in [2.45, 2.75) is 6.18 Å². The standard InChI is InChI=1S/C19H17F3N6O2/c20-19(21,22)15-14(27-17(30-15)12-4-2-1-3-5-12)16(29)26-13-10-24-18(25-11-13)28-8-6-23-7-9-28/h1-5,10-11,23H,6-9H2,(H,26,29). The molecule has 1 saturated heterocycles. The molecule has 0 spiro atoms. The zero-order chi connectivity index (χ0) is 21.1. The summed E-state index contributed by atoms with van der Waals surface area (Å²) in [7, 11) is 0. The summed E-state index contributed by atoms with van der Waals surface area (Å²) in [6.45, 7) is 3.08. The summed E-state index contributed by atoms with van der Waals surface area (Å²) in [5, 5.41) is 5.56. The maximum Gasteiger partial charge on any atom is 0.452 e. The second kappa shape index (κ2) is 8.11. The Morgan fingerprint density at radius 2 is 1.77 bits per heavy atom. The van der Waals surface area contributed by atoms with E-state index >= 15 is 0 Å².